The highest BCUT2D eigenvalue weighted by Crippen LogP contribution is 2.37. The Hall–Kier alpha value is -1.56. The van der Waals surface area contributed by atoms with Crippen molar-refractivity contribution in [3.05, 3.63) is 60.3 Å². The number of esters is 1. The van der Waals surface area contributed by atoms with Crippen molar-refractivity contribution in [2.45, 2.75) is 108 Å². The molecule has 0 saturated carbocycles. The number of carbonyl (C=O) groups is 1. The van der Waals surface area contributed by atoms with E-state index in [9.17, 15) is 4.79 Å². The van der Waals surface area contributed by atoms with Gasteiger partial charge < -0.3 is 23.5 Å². The maximum absolute atomic E-state index is 12.7. The Morgan fingerprint density at radius 3 is 2.84 bits per heavy atom. The van der Waals surface area contributed by atoms with Crippen LogP contribution in [-0.4, -0.2) is 55.3 Å². The summed E-state index contributed by atoms with van der Waals surface area (Å²) in [4.78, 5) is 12.7. The molecule has 7 heteroatoms. The second-order valence-electron chi connectivity index (χ2n) is 11.0. The Balaban J connectivity index is 1.42. The lowest BCUT2D eigenvalue weighted by Crippen LogP contribution is -2.26. The van der Waals surface area contributed by atoms with E-state index < -0.39 is 0 Å². The van der Waals surface area contributed by atoms with E-state index in [1.165, 1.54) is 17.2 Å². The molecule has 0 spiro atoms. The van der Waals surface area contributed by atoms with E-state index >= 15 is 0 Å². The van der Waals surface area contributed by atoms with Gasteiger partial charge in [-0.3, -0.25) is 0 Å². The van der Waals surface area contributed by atoms with Crippen molar-refractivity contribution < 1.29 is 28.3 Å². The number of cyclic esters (lactones) is 1. The zero-order valence-corrected chi connectivity index (χ0v) is 23.4. The predicted molar refractivity (Wildman–Crippen MR) is 148 cm³/mol. The molecule has 1 unspecified atom stereocenters. The Morgan fingerprint density at radius 2 is 2.03 bits per heavy atom. The van der Waals surface area contributed by atoms with Gasteiger partial charge >= 0.3 is 5.97 Å². The van der Waals surface area contributed by atoms with Crippen LogP contribution in [0.5, 0.6) is 0 Å². The van der Waals surface area contributed by atoms with Gasteiger partial charge in [-0.15, -0.1) is 0 Å². The lowest BCUT2D eigenvalue weighted by molar-refractivity contribution is -0.143. The molecule has 4 aliphatic heterocycles. The normalized spacial score (nSPS) is 37.9. The molecule has 4 rings (SSSR count). The van der Waals surface area contributed by atoms with E-state index in [-0.39, 0.29) is 48.7 Å². The third kappa shape index (κ3) is 9.30. The van der Waals surface area contributed by atoms with Crippen LogP contribution >= 0.6 is 9.47 Å². The van der Waals surface area contributed by atoms with Crippen molar-refractivity contribution in [3.8, 4) is 0 Å². The molecule has 1 saturated heterocycles. The first kappa shape index (κ1) is 28.4. The van der Waals surface area contributed by atoms with E-state index in [2.05, 4.69) is 60.3 Å². The highest BCUT2D eigenvalue weighted by Gasteiger charge is 2.46. The summed E-state index contributed by atoms with van der Waals surface area (Å²) in [7, 11) is 2.39. The molecular weight excluding hydrogens is 487 g/mol. The second-order valence-corrected chi connectivity index (χ2v) is 11.3. The van der Waals surface area contributed by atoms with Crippen molar-refractivity contribution in [2.75, 3.05) is 6.61 Å². The number of carbonyl (C=O) groups excluding carboxylic acids is 1. The summed E-state index contributed by atoms with van der Waals surface area (Å²) in [5.74, 6) is 0.139. The molecule has 204 valence electrons. The number of hydrogen-bond donors (Lipinski definition) is 0. The predicted octanol–water partition coefficient (Wildman–Crippen LogP) is 5.95. The van der Waals surface area contributed by atoms with Crippen molar-refractivity contribution in [3.63, 3.8) is 0 Å². The van der Waals surface area contributed by atoms with Gasteiger partial charge in [-0.1, -0.05) is 61.1 Å². The van der Waals surface area contributed by atoms with Gasteiger partial charge in [0.25, 0.3) is 0 Å². The number of ether oxygens (including phenoxy) is 4. The molecule has 1 fully saturated rings. The zero-order valence-electron chi connectivity index (χ0n) is 22.3. The monoisotopic (exact) mass is 530 g/mol. The third-order valence-corrected chi connectivity index (χ3v) is 7.84. The molecule has 0 aromatic heterocycles. The topological polar surface area (TPSA) is 66.5 Å². The van der Waals surface area contributed by atoms with Crippen LogP contribution in [0.2, 0.25) is 0 Å². The maximum Gasteiger partial charge on any atom is 0.330 e. The third-order valence-electron chi connectivity index (χ3n) is 7.49. The fourth-order valence-corrected chi connectivity index (χ4v) is 5.81. The molecule has 0 aromatic rings. The number of rotatable bonds is 4. The standard InChI is InChI=1S/C30H43O6P/c1-20-13-14-32-24(16-20)9-5-11-26-19-27-30(35-27)28(36-37)18-22(3)15-21(2)17-25-10-4-7-23(33-25)8-6-12-29(31)34-26/h4-7,9,12-13,21,23-28,30H,3,8,10-11,14-19,37H2,1-2H3/t21-,23-,24+,25-,26+,27-,28-,30+/m0/s1. The summed E-state index contributed by atoms with van der Waals surface area (Å²) in [5.41, 5.74) is 2.51. The highest BCUT2D eigenvalue weighted by molar-refractivity contribution is 7.09. The van der Waals surface area contributed by atoms with Gasteiger partial charge in [-0.2, -0.15) is 0 Å². The molecule has 9 atom stereocenters. The highest BCUT2D eigenvalue weighted by atomic mass is 31.0. The first-order valence-corrected chi connectivity index (χ1v) is 14.2. The van der Waals surface area contributed by atoms with Crippen LogP contribution in [0.3, 0.4) is 0 Å². The van der Waals surface area contributed by atoms with Gasteiger partial charge in [0.15, 0.2) is 0 Å². The van der Waals surface area contributed by atoms with E-state index in [4.69, 9.17) is 23.5 Å². The summed E-state index contributed by atoms with van der Waals surface area (Å²) < 4.78 is 29.7. The summed E-state index contributed by atoms with van der Waals surface area (Å²) in [6.07, 6.45) is 20.2. The van der Waals surface area contributed by atoms with Crippen LogP contribution < -0.4 is 0 Å². The molecule has 0 amide bonds. The van der Waals surface area contributed by atoms with Crippen LogP contribution in [0.4, 0.5) is 0 Å². The Labute approximate surface area is 224 Å². The molecule has 0 aromatic carbocycles. The van der Waals surface area contributed by atoms with Crippen molar-refractivity contribution in [2.24, 2.45) is 5.92 Å². The van der Waals surface area contributed by atoms with Gasteiger partial charge in [0.05, 0.1) is 37.1 Å². The van der Waals surface area contributed by atoms with E-state index in [0.717, 1.165) is 32.1 Å². The summed E-state index contributed by atoms with van der Waals surface area (Å²) >= 11 is 0. The Morgan fingerprint density at radius 1 is 1.16 bits per heavy atom. The minimum absolute atomic E-state index is 0.00107. The lowest BCUT2D eigenvalue weighted by atomic mass is 9.91. The molecule has 0 N–H and O–H groups in total. The number of fused-ring (bicyclic) bond motifs is 3. The smallest absolute Gasteiger partial charge is 0.330 e. The van der Waals surface area contributed by atoms with Crippen molar-refractivity contribution >= 4 is 15.4 Å². The van der Waals surface area contributed by atoms with Crippen LogP contribution in [0, 0.1) is 5.92 Å². The van der Waals surface area contributed by atoms with Gasteiger partial charge in [0, 0.05) is 28.4 Å². The Kier molecular flexibility index (Phi) is 10.8. The first-order valence-electron chi connectivity index (χ1n) is 13.7. The average molecular weight is 531 g/mol. The maximum atomic E-state index is 12.7. The van der Waals surface area contributed by atoms with Gasteiger partial charge in [-0.05, 0) is 51.4 Å². The second kappa shape index (κ2) is 14.0. The molecular formula is C30H43O6P. The minimum atomic E-state index is -0.332. The van der Waals surface area contributed by atoms with Gasteiger partial charge in [0.1, 0.15) is 12.2 Å². The van der Waals surface area contributed by atoms with Crippen LogP contribution in [-0.2, 0) is 28.3 Å². The fraction of sp³-hybridized carbons (Fsp3) is 0.633. The number of epoxide rings is 1. The molecule has 37 heavy (non-hydrogen) atoms. The van der Waals surface area contributed by atoms with Gasteiger partial charge in [0.2, 0.25) is 0 Å². The average Bonchev–Trinajstić information content (AvgIpc) is 3.61. The summed E-state index contributed by atoms with van der Waals surface area (Å²) in [6, 6.07) is 0. The van der Waals surface area contributed by atoms with E-state index in [1.807, 2.05) is 6.08 Å². The van der Waals surface area contributed by atoms with E-state index in [1.54, 1.807) is 0 Å². The largest absolute Gasteiger partial charge is 0.459 e. The van der Waals surface area contributed by atoms with E-state index in [0.29, 0.717) is 31.8 Å². The van der Waals surface area contributed by atoms with Crippen LogP contribution in [0.15, 0.2) is 60.3 Å². The number of hydrogen-bond acceptors (Lipinski definition) is 6. The quantitative estimate of drug-likeness (QED) is 0.194. The van der Waals surface area contributed by atoms with Crippen LogP contribution in [0.25, 0.3) is 0 Å². The summed E-state index contributed by atoms with van der Waals surface area (Å²) in [6.45, 7) is 9.37. The zero-order chi connectivity index (χ0) is 26.2. The molecule has 6 nitrogen and oxygen atoms in total. The van der Waals surface area contributed by atoms with Crippen molar-refractivity contribution in [1.82, 2.24) is 0 Å². The lowest BCUT2D eigenvalue weighted by Gasteiger charge is -2.28. The Bertz CT molecular complexity index is 908. The van der Waals surface area contributed by atoms with Crippen molar-refractivity contribution in [1.29, 1.82) is 0 Å². The molecule has 0 radical (unpaired) electrons. The molecule has 0 aliphatic carbocycles. The SMILES string of the molecule is C=C1C[C@H](C)C[C@@H]2CC=C[C@@H](CC=CC(=O)O[C@H](CC=C[C@@H]3CC(C)=CCO3)C[C@@H]3O[C@H]3[C@@H](OP)C1)O2. The summed E-state index contributed by atoms with van der Waals surface area (Å²) in [5, 5.41) is 0. The molecule has 4 aliphatic rings. The van der Waals surface area contributed by atoms with Crippen LogP contribution in [0.1, 0.15) is 65.2 Å². The molecule has 2 bridgehead atoms. The molecule has 4 heterocycles. The minimum Gasteiger partial charge on any atom is -0.459 e. The fourth-order valence-electron chi connectivity index (χ4n) is 5.56. The van der Waals surface area contributed by atoms with Gasteiger partial charge in [-0.25, -0.2) is 4.79 Å². The first-order chi connectivity index (χ1) is 17.9.